The third kappa shape index (κ3) is 4.95. The first-order valence-corrected chi connectivity index (χ1v) is 8.00. The van der Waals surface area contributed by atoms with E-state index in [-0.39, 0.29) is 23.6 Å². The summed E-state index contributed by atoms with van der Waals surface area (Å²) in [6.45, 7) is 7.92. The van der Waals surface area contributed by atoms with E-state index in [0.717, 1.165) is 5.57 Å². The van der Waals surface area contributed by atoms with Crippen LogP contribution in [0.5, 0.6) is 0 Å². The standard InChI is InChI=1S/C8H11.CH3.Po/c1-4-5-6-7-8(2)3;;/h4,6-7H,2H2,1,3H3;1H3;/b5-4?,7-6-;;. The Bertz CT molecular complexity index is 164. The van der Waals surface area contributed by atoms with Gasteiger partial charge in [0.15, 0.2) is 0 Å². The molecule has 0 saturated carbocycles. The van der Waals surface area contributed by atoms with Crippen LogP contribution in [0.15, 0.2) is 33.6 Å². The molecule has 0 aromatic rings. The molecule has 10 heavy (non-hydrogen) atoms. The minimum absolute atomic E-state index is 0.198. The fraction of sp³-hybridized carbons (Fsp3) is 0.333. The molecule has 0 N–H and O–H groups in total. The van der Waals surface area contributed by atoms with Gasteiger partial charge < -0.3 is 0 Å². The Hall–Kier alpha value is 0.116. The van der Waals surface area contributed by atoms with E-state index < -0.39 is 0 Å². The molecule has 0 aromatic heterocycles. The third-order valence-corrected chi connectivity index (χ3v) is 4.33. The molecule has 0 bridgehead atoms. The molecule has 0 atom stereocenters. The van der Waals surface area contributed by atoms with Crippen LogP contribution in [0.1, 0.15) is 13.8 Å². The normalized spacial score (nSPS) is 12.5. The van der Waals surface area contributed by atoms with Crippen LogP contribution in [0.25, 0.3) is 0 Å². The fourth-order valence-electron chi connectivity index (χ4n) is 0.507. The number of hydrogen-bond acceptors (Lipinski definition) is 0. The summed E-state index contributed by atoms with van der Waals surface area (Å²) in [6.07, 6.45) is 6.47. The predicted octanol–water partition coefficient (Wildman–Crippen LogP) is 2.77. The van der Waals surface area contributed by atoms with Crippen LogP contribution in [0.2, 0.25) is 4.58 Å². The Kier molecular flexibility index (Phi) is 5.94. The van der Waals surface area contributed by atoms with E-state index in [2.05, 4.69) is 36.3 Å². The number of rotatable bonds is 3. The summed E-state index contributed by atoms with van der Waals surface area (Å²) in [7, 11) is 0. The van der Waals surface area contributed by atoms with Crippen molar-refractivity contribution in [2.24, 2.45) is 0 Å². The van der Waals surface area contributed by atoms with Gasteiger partial charge in [0.1, 0.15) is 0 Å². The van der Waals surface area contributed by atoms with E-state index in [4.69, 9.17) is 0 Å². The van der Waals surface area contributed by atoms with Gasteiger partial charge in [-0.3, -0.25) is 0 Å². The summed E-state index contributed by atoms with van der Waals surface area (Å²) in [5.74, 6) is 0. The van der Waals surface area contributed by atoms with Crippen LogP contribution in [0.3, 0.4) is 0 Å². The van der Waals surface area contributed by atoms with Crippen molar-refractivity contribution < 1.29 is 0 Å². The van der Waals surface area contributed by atoms with Crippen molar-refractivity contribution in [3.63, 3.8) is 0 Å². The second-order valence-electron chi connectivity index (χ2n) is 2.07. The molecule has 0 amide bonds. The SMILES string of the molecule is C=C(C)/C=C\[C](=C/C)[Po][CH3]. The zero-order chi connectivity index (χ0) is 7.98. The molecule has 0 unspecified atom stereocenters. The monoisotopic (exact) mass is 331 g/mol. The molecule has 1 heteroatoms. The van der Waals surface area contributed by atoms with Gasteiger partial charge in [-0.2, -0.15) is 0 Å². The van der Waals surface area contributed by atoms with Crippen LogP contribution < -0.4 is 0 Å². The zero-order valence-corrected chi connectivity index (χ0v) is 10.0. The Morgan fingerprint density at radius 1 is 1.40 bits per heavy atom. The van der Waals surface area contributed by atoms with Crippen molar-refractivity contribution in [2.45, 2.75) is 18.4 Å². The van der Waals surface area contributed by atoms with Crippen molar-refractivity contribution in [2.75, 3.05) is 0 Å². The Morgan fingerprint density at radius 2 is 2.00 bits per heavy atom. The first-order valence-electron chi connectivity index (χ1n) is 3.24. The summed E-state index contributed by atoms with van der Waals surface area (Å²) >= 11 is -0.198. The summed E-state index contributed by atoms with van der Waals surface area (Å²) in [6, 6.07) is 0. The van der Waals surface area contributed by atoms with E-state index in [0.29, 0.717) is 0 Å². The van der Waals surface area contributed by atoms with Crippen LogP contribution in [0, 0.1) is 0 Å². The molecule has 0 spiro atoms. The Morgan fingerprint density at radius 3 is 2.30 bits per heavy atom. The van der Waals surface area contributed by atoms with Crippen LogP contribution in [-0.2, 0) is 0 Å². The van der Waals surface area contributed by atoms with Crippen LogP contribution >= 0.6 is 0 Å². The van der Waals surface area contributed by atoms with E-state index in [1.807, 2.05) is 6.92 Å². The van der Waals surface area contributed by atoms with Crippen molar-refractivity contribution >= 4 is 23.6 Å². The van der Waals surface area contributed by atoms with Crippen LogP contribution in [0.4, 0.5) is 0 Å². The van der Waals surface area contributed by atoms with Gasteiger partial charge in [-0.15, -0.1) is 0 Å². The molecule has 0 heterocycles. The molecule has 0 aliphatic carbocycles. The van der Waals surface area contributed by atoms with Crippen molar-refractivity contribution in [1.29, 1.82) is 0 Å². The van der Waals surface area contributed by atoms with Crippen molar-refractivity contribution in [3.05, 3.63) is 33.6 Å². The number of hydrogen-bond donors (Lipinski definition) is 0. The zero-order valence-electron chi connectivity index (χ0n) is 6.85. The molecule has 56 valence electrons. The quantitative estimate of drug-likeness (QED) is 0.698. The summed E-state index contributed by atoms with van der Waals surface area (Å²) < 4.78 is 3.85. The fourth-order valence-corrected chi connectivity index (χ4v) is 2.22. The second kappa shape index (κ2) is 5.87. The average molecular weight is 331 g/mol. The first kappa shape index (κ1) is 10.1. The van der Waals surface area contributed by atoms with Gasteiger partial charge in [0.25, 0.3) is 0 Å². The number of allylic oxidation sites excluding steroid dienone is 5. The molecule has 0 saturated heterocycles. The molecule has 0 aliphatic heterocycles. The topological polar surface area (TPSA) is 0 Å². The van der Waals surface area contributed by atoms with Crippen molar-refractivity contribution in [3.8, 4) is 0 Å². The average Bonchev–Trinajstić information content (AvgIpc) is 1.90. The van der Waals surface area contributed by atoms with Gasteiger partial charge in [0, 0.05) is 0 Å². The minimum atomic E-state index is -0.198. The van der Waals surface area contributed by atoms with E-state index in [1.165, 1.54) is 3.23 Å². The van der Waals surface area contributed by atoms with Crippen molar-refractivity contribution in [1.82, 2.24) is 0 Å². The maximum atomic E-state index is 3.80. The van der Waals surface area contributed by atoms with Gasteiger partial charge in [0.2, 0.25) is 0 Å². The maximum absolute atomic E-state index is 3.80. The predicted molar refractivity (Wildman–Crippen MR) is 49.3 cm³/mol. The second-order valence-corrected chi connectivity index (χ2v) is 5.49. The summed E-state index contributed by atoms with van der Waals surface area (Å²) in [5, 5.41) is 0. The van der Waals surface area contributed by atoms with E-state index >= 15 is 0 Å². The van der Waals surface area contributed by atoms with Gasteiger partial charge in [-0.05, 0) is 0 Å². The van der Waals surface area contributed by atoms with E-state index in [1.54, 1.807) is 0 Å². The molecule has 0 radical (unpaired) electrons. The summed E-state index contributed by atoms with van der Waals surface area (Å²) in [4.78, 5) is 0. The Balaban J connectivity index is 3.98. The molecule has 0 aromatic carbocycles. The van der Waals surface area contributed by atoms with Gasteiger partial charge in [-0.1, -0.05) is 0 Å². The molecule has 0 nitrogen and oxygen atoms in total. The van der Waals surface area contributed by atoms with Gasteiger partial charge in [0.05, 0.1) is 0 Å². The van der Waals surface area contributed by atoms with Crippen LogP contribution in [-0.4, -0.2) is 23.6 Å². The van der Waals surface area contributed by atoms with E-state index in [9.17, 15) is 0 Å². The molecule has 0 fully saturated rings. The summed E-state index contributed by atoms with van der Waals surface area (Å²) in [5.41, 5.74) is 1.13. The third-order valence-electron chi connectivity index (χ3n) is 1.05. The first-order chi connectivity index (χ1) is 4.70. The molecular weight excluding hydrogens is 317 g/mol. The molecule has 0 aliphatic rings. The molecular formula is C9H14Po. The Labute approximate surface area is 75.5 Å². The van der Waals surface area contributed by atoms with Gasteiger partial charge >= 0.3 is 75.6 Å². The van der Waals surface area contributed by atoms with Gasteiger partial charge in [-0.25, -0.2) is 0 Å². The molecule has 0 rings (SSSR count).